The van der Waals surface area contributed by atoms with Gasteiger partial charge in [0.05, 0.1) is 5.92 Å². The summed E-state index contributed by atoms with van der Waals surface area (Å²) in [4.78, 5) is 23.4. The molecular formula is C18H14FeO2+2. The topological polar surface area (TPSA) is 34.1 Å². The number of benzene rings is 1. The maximum Gasteiger partial charge on any atom is 2.00 e. The van der Waals surface area contributed by atoms with Gasteiger partial charge in [0.1, 0.15) is 0 Å². The van der Waals surface area contributed by atoms with Crippen LogP contribution in [0.15, 0.2) is 30.3 Å². The summed E-state index contributed by atoms with van der Waals surface area (Å²) in [6, 6.07) is 8.58. The summed E-state index contributed by atoms with van der Waals surface area (Å²) in [5.74, 6) is -0.461. The summed E-state index contributed by atoms with van der Waals surface area (Å²) in [5, 5.41) is 0. The van der Waals surface area contributed by atoms with E-state index in [1.54, 1.807) is 49.9 Å². The molecule has 3 heteroatoms. The van der Waals surface area contributed by atoms with Crippen LogP contribution in [0.3, 0.4) is 0 Å². The number of carbonyl (C=O) groups excluding carboxylic acids is 2. The van der Waals surface area contributed by atoms with E-state index < -0.39 is 11.6 Å². The van der Waals surface area contributed by atoms with Crippen LogP contribution in [-0.4, -0.2) is 11.6 Å². The Kier molecular flexibility index (Phi) is 8.56. The summed E-state index contributed by atoms with van der Waals surface area (Å²) in [6.07, 6.45) is 16.8. The van der Waals surface area contributed by atoms with Crippen LogP contribution in [-0.2, 0) is 21.9 Å². The number of hydrogen-bond donors (Lipinski definition) is 0. The van der Waals surface area contributed by atoms with Crippen molar-refractivity contribution in [3.8, 4) is 0 Å². The first-order valence-corrected chi connectivity index (χ1v) is 6.31. The molecule has 1 aromatic carbocycles. The molecule has 3 rings (SSSR count). The van der Waals surface area contributed by atoms with Crippen LogP contribution in [0.4, 0.5) is 0 Å². The SMILES string of the molecule is O=C([C]1[CH][CH][CH][CH]1)C(=O)c1ccccc1.[CH]1[CH][CH][CH][CH]1.[Fe+2]. The van der Waals surface area contributed by atoms with Crippen molar-refractivity contribution in [2.75, 3.05) is 0 Å². The third-order valence-corrected chi connectivity index (χ3v) is 2.72. The number of ketones is 2. The van der Waals surface area contributed by atoms with E-state index in [1.807, 2.05) is 38.2 Å². The fourth-order valence-corrected chi connectivity index (χ4v) is 1.70. The molecule has 0 aromatic heterocycles. The molecule has 0 aliphatic heterocycles. The van der Waals surface area contributed by atoms with Crippen LogP contribution in [0.1, 0.15) is 10.4 Å². The van der Waals surface area contributed by atoms with Crippen LogP contribution >= 0.6 is 0 Å². The van der Waals surface area contributed by atoms with Crippen molar-refractivity contribution in [2.45, 2.75) is 0 Å². The monoisotopic (exact) mass is 318 g/mol. The van der Waals surface area contributed by atoms with Gasteiger partial charge in [-0.2, -0.15) is 0 Å². The smallest absolute Gasteiger partial charge is 0.290 e. The van der Waals surface area contributed by atoms with E-state index in [0.29, 0.717) is 11.5 Å². The molecule has 21 heavy (non-hydrogen) atoms. The zero-order valence-electron chi connectivity index (χ0n) is 11.3. The maximum absolute atomic E-state index is 11.7. The van der Waals surface area contributed by atoms with Crippen molar-refractivity contribution in [1.82, 2.24) is 0 Å². The van der Waals surface area contributed by atoms with Gasteiger partial charge in [0.2, 0.25) is 11.6 Å². The summed E-state index contributed by atoms with van der Waals surface area (Å²) >= 11 is 0. The van der Waals surface area contributed by atoms with E-state index >= 15 is 0 Å². The van der Waals surface area contributed by atoms with Crippen molar-refractivity contribution < 1.29 is 26.7 Å². The first kappa shape index (κ1) is 18.1. The quantitative estimate of drug-likeness (QED) is 0.488. The van der Waals surface area contributed by atoms with Gasteiger partial charge < -0.3 is 0 Å². The molecule has 1 aromatic rings. The van der Waals surface area contributed by atoms with Crippen LogP contribution in [0, 0.1) is 63.7 Å². The van der Waals surface area contributed by atoms with Gasteiger partial charge in [0.25, 0.3) is 0 Å². The molecule has 104 valence electrons. The third-order valence-electron chi connectivity index (χ3n) is 2.72. The number of rotatable bonds is 3. The normalized spacial score (nSPS) is 17.5. The van der Waals surface area contributed by atoms with E-state index in [1.165, 1.54) is 0 Å². The van der Waals surface area contributed by atoms with Gasteiger partial charge in [-0.3, -0.25) is 9.59 Å². The molecule has 0 atom stereocenters. The number of carbonyl (C=O) groups is 2. The van der Waals surface area contributed by atoms with Gasteiger partial charge in [-0.15, -0.1) is 0 Å². The van der Waals surface area contributed by atoms with Gasteiger partial charge in [-0.25, -0.2) is 0 Å². The number of hydrogen-bond acceptors (Lipinski definition) is 2. The Labute approximate surface area is 138 Å². The second-order valence-electron chi connectivity index (χ2n) is 4.16. The summed E-state index contributed by atoms with van der Waals surface area (Å²) < 4.78 is 0. The minimum absolute atomic E-state index is 0. The van der Waals surface area contributed by atoms with E-state index in [-0.39, 0.29) is 17.1 Å². The molecule has 2 saturated carbocycles. The van der Waals surface area contributed by atoms with Crippen molar-refractivity contribution >= 4 is 11.6 Å². The van der Waals surface area contributed by atoms with E-state index in [9.17, 15) is 9.59 Å². The van der Waals surface area contributed by atoms with E-state index in [2.05, 4.69) is 0 Å². The van der Waals surface area contributed by atoms with Crippen molar-refractivity contribution in [3.63, 3.8) is 0 Å². The van der Waals surface area contributed by atoms with Gasteiger partial charge in [-0.05, 0) is 57.8 Å². The maximum atomic E-state index is 11.7. The molecular weight excluding hydrogens is 304 g/mol. The molecule has 2 aliphatic rings. The molecule has 0 N–H and O–H groups in total. The van der Waals surface area contributed by atoms with Crippen molar-refractivity contribution in [3.05, 3.63) is 99.6 Å². The molecule has 10 radical (unpaired) electrons. The Morgan fingerprint density at radius 2 is 1.10 bits per heavy atom. The molecule has 0 saturated heterocycles. The molecule has 2 nitrogen and oxygen atoms in total. The Morgan fingerprint density at radius 1 is 0.619 bits per heavy atom. The fraction of sp³-hybridized carbons (Fsp3) is 0. The molecule has 0 amide bonds. The zero-order chi connectivity index (χ0) is 14.2. The van der Waals surface area contributed by atoms with Crippen LogP contribution in [0.25, 0.3) is 0 Å². The van der Waals surface area contributed by atoms with Crippen LogP contribution in [0.5, 0.6) is 0 Å². The fourth-order valence-electron chi connectivity index (χ4n) is 1.70. The second kappa shape index (κ2) is 9.92. The Morgan fingerprint density at radius 3 is 1.57 bits per heavy atom. The van der Waals surface area contributed by atoms with Crippen molar-refractivity contribution in [1.29, 1.82) is 0 Å². The first-order valence-electron chi connectivity index (χ1n) is 6.31. The first-order chi connectivity index (χ1) is 9.79. The third kappa shape index (κ3) is 5.76. The minimum Gasteiger partial charge on any atom is -0.290 e. The molecule has 0 bridgehead atoms. The molecule has 2 fully saturated rings. The van der Waals surface area contributed by atoms with Gasteiger partial charge in [0.15, 0.2) is 0 Å². The summed E-state index contributed by atoms with van der Waals surface area (Å²) in [7, 11) is 0. The zero-order valence-corrected chi connectivity index (χ0v) is 12.4. The Balaban J connectivity index is 0.000000313. The molecule has 0 spiro atoms. The molecule has 0 unspecified atom stereocenters. The van der Waals surface area contributed by atoms with Gasteiger partial charge in [-0.1, -0.05) is 30.3 Å². The summed E-state index contributed by atoms with van der Waals surface area (Å²) in [6.45, 7) is 0. The predicted molar refractivity (Wildman–Crippen MR) is 77.7 cm³/mol. The molecule has 0 heterocycles. The predicted octanol–water partition coefficient (Wildman–Crippen LogP) is 2.86. The minimum atomic E-state index is -0.457. The second-order valence-corrected chi connectivity index (χ2v) is 4.16. The Bertz CT molecular complexity index is 424. The average Bonchev–Trinajstić information content (AvgIpc) is 3.21. The van der Waals surface area contributed by atoms with Crippen LogP contribution in [0.2, 0.25) is 0 Å². The van der Waals surface area contributed by atoms with E-state index in [0.717, 1.165) is 0 Å². The number of Topliss-reactive ketones (excluding diaryl/α,β-unsaturated/α-hetero) is 2. The Hall–Kier alpha value is -0.921. The largest absolute Gasteiger partial charge is 2.00 e. The molecule has 2 aliphatic carbocycles. The van der Waals surface area contributed by atoms with Gasteiger partial charge in [0, 0.05) is 5.56 Å². The van der Waals surface area contributed by atoms with Crippen molar-refractivity contribution in [2.24, 2.45) is 0 Å². The summed E-state index contributed by atoms with van der Waals surface area (Å²) in [5.41, 5.74) is 0.434. The van der Waals surface area contributed by atoms with Gasteiger partial charge >= 0.3 is 17.1 Å². The average molecular weight is 318 g/mol. The standard InChI is InChI=1S/C13H9O2.C5H5.Fe/c14-12(10-6-2-1-3-7-10)13(15)11-8-4-5-9-11;1-2-4-5-3-1;/h1-9H;1-5H;/q;;+2. The van der Waals surface area contributed by atoms with Crippen LogP contribution < -0.4 is 0 Å². The van der Waals surface area contributed by atoms with E-state index in [4.69, 9.17) is 0 Å².